The number of ether oxygens (including phenoxy) is 1. The average Bonchev–Trinajstić information content (AvgIpc) is 2.81. The summed E-state index contributed by atoms with van der Waals surface area (Å²) in [5, 5.41) is 2.72. The van der Waals surface area contributed by atoms with Gasteiger partial charge in [-0.3, -0.25) is 29.1 Å². The Morgan fingerprint density at radius 3 is 2.50 bits per heavy atom. The highest BCUT2D eigenvalue weighted by atomic mass is 16.5. The molecule has 8 heteroatoms. The number of aryl methyl sites for hydroxylation is 2. The maximum absolute atomic E-state index is 13.4. The lowest BCUT2D eigenvalue weighted by Crippen LogP contribution is -2.56. The summed E-state index contributed by atoms with van der Waals surface area (Å²) < 4.78 is 6.53. The lowest BCUT2D eigenvalue weighted by atomic mass is 9.90. The Balaban J connectivity index is 1.56. The summed E-state index contributed by atoms with van der Waals surface area (Å²) in [6, 6.07) is 12.8. The van der Waals surface area contributed by atoms with Gasteiger partial charge in [0, 0.05) is 19.3 Å². The van der Waals surface area contributed by atoms with E-state index in [1.54, 1.807) is 33.1 Å². The van der Waals surface area contributed by atoms with E-state index in [0.717, 1.165) is 16.9 Å². The van der Waals surface area contributed by atoms with Gasteiger partial charge in [-0.25, -0.2) is 4.98 Å². The van der Waals surface area contributed by atoms with Gasteiger partial charge in [-0.2, -0.15) is 0 Å². The average molecular weight is 462 g/mol. The van der Waals surface area contributed by atoms with E-state index in [4.69, 9.17) is 4.74 Å². The lowest BCUT2D eigenvalue weighted by molar-refractivity contribution is -0.140. The molecule has 1 aliphatic rings. The number of amides is 2. The predicted octanol–water partition coefficient (Wildman–Crippen LogP) is 2.61. The molecule has 2 heterocycles. The SMILES string of the molecule is COc1ccc(CC(=O)CCc2ccc3nc(C)n([C@]4(C)CCC(=O)NC4=O)c(=O)c3c2)cc1. The standard InChI is InChI=1S/C26H27N3O5/c1-16-27-22-11-7-18(4-8-19(30)14-17-5-9-20(34-3)10-6-17)15-21(22)24(32)29(16)26(2)13-12-23(31)28-25(26)33/h5-7,9-11,15H,4,8,12-14H2,1-3H3,(H,28,31,33)/t26-/m1/s1. The van der Waals surface area contributed by atoms with Crippen molar-refractivity contribution in [3.8, 4) is 5.75 Å². The van der Waals surface area contributed by atoms with E-state index in [2.05, 4.69) is 10.3 Å². The fraction of sp³-hybridized carbons (Fsp3) is 0.346. The van der Waals surface area contributed by atoms with Gasteiger partial charge >= 0.3 is 0 Å². The summed E-state index contributed by atoms with van der Waals surface area (Å²) in [6.45, 7) is 3.33. The van der Waals surface area contributed by atoms with Crippen LogP contribution in [-0.2, 0) is 32.8 Å². The van der Waals surface area contributed by atoms with E-state index in [-0.39, 0.29) is 30.1 Å². The summed E-state index contributed by atoms with van der Waals surface area (Å²) in [7, 11) is 1.60. The molecule has 1 aromatic heterocycles. The van der Waals surface area contributed by atoms with Crippen LogP contribution in [-0.4, -0.2) is 34.3 Å². The Kier molecular flexibility index (Phi) is 6.32. The number of rotatable bonds is 7. The zero-order valence-corrected chi connectivity index (χ0v) is 19.5. The quantitative estimate of drug-likeness (QED) is 0.542. The van der Waals surface area contributed by atoms with Gasteiger partial charge in [-0.05, 0) is 62.1 Å². The van der Waals surface area contributed by atoms with Gasteiger partial charge in [0.1, 0.15) is 22.9 Å². The van der Waals surface area contributed by atoms with Crippen LogP contribution < -0.4 is 15.6 Å². The highest BCUT2D eigenvalue weighted by Crippen LogP contribution is 2.27. The number of ketones is 1. The first-order valence-corrected chi connectivity index (χ1v) is 11.2. The lowest BCUT2D eigenvalue weighted by Gasteiger charge is -2.34. The Morgan fingerprint density at radius 2 is 1.82 bits per heavy atom. The summed E-state index contributed by atoms with van der Waals surface area (Å²) >= 11 is 0. The van der Waals surface area contributed by atoms with Crippen LogP contribution in [0.5, 0.6) is 5.75 Å². The summed E-state index contributed by atoms with van der Waals surface area (Å²) in [4.78, 5) is 54.7. The first-order chi connectivity index (χ1) is 16.2. The van der Waals surface area contributed by atoms with Crippen LogP contribution in [0.3, 0.4) is 0 Å². The zero-order chi connectivity index (χ0) is 24.5. The van der Waals surface area contributed by atoms with Crippen LogP contribution in [0.15, 0.2) is 47.3 Å². The number of benzene rings is 2. The minimum atomic E-state index is -1.19. The third-order valence-corrected chi connectivity index (χ3v) is 6.43. The number of imide groups is 1. The molecule has 2 amide bonds. The normalized spacial score (nSPS) is 18.1. The van der Waals surface area contributed by atoms with Crippen molar-refractivity contribution in [2.24, 2.45) is 0 Å². The van der Waals surface area contributed by atoms with E-state index >= 15 is 0 Å². The van der Waals surface area contributed by atoms with Gasteiger partial charge in [-0.1, -0.05) is 18.2 Å². The van der Waals surface area contributed by atoms with Gasteiger partial charge < -0.3 is 4.74 Å². The van der Waals surface area contributed by atoms with E-state index < -0.39 is 11.4 Å². The van der Waals surface area contributed by atoms with Crippen molar-refractivity contribution in [1.82, 2.24) is 14.9 Å². The maximum Gasteiger partial charge on any atom is 0.262 e. The third kappa shape index (κ3) is 4.48. The second kappa shape index (κ2) is 9.21. The molecule has 0 radical (unpaired) electrons. The molecule has 0 bridgehead atoms. The summed E-state index contributed by atoms with van der Waals surface area (Å²) in [5.41, 5.74) is 0.771. The van der Waals surface area contributed by atoms with Crippen LogP contribution in [0.2, 0.25) is 0 Å². The van der Waals surface area contributed by atoms with Gasteiger partial charge in [0.05, 0.1) is 18.0 Å². The van der Waals surface area contributed by atoms with Gasteiger partial charge in [-0.15, -0.1) is 0 Å². The monoisotopic (exact) mass is 461 g/mol. The van der Waals surface area contributed by atoms with E-state index in [9.17, 15) is 19.2 Å². The molecule has 176 valence electrons. The molecule has 1 fully saturated rings. The molecule has 2 aromatic carbocycles. The van der Waals surface area contributed by atoms with Crippen molar-refractivity contribution in [2.45, 2.75) is 51.5 Å². The van der Waals surface area contributed by atoms with Crippen LogP contribution in [0.25, 0.3) is 10.9 Å². The van der Waals surface area contributed by atoms with E-state index in [1.807, 2.05) is 30.3 Å². The van der Waals surface area contributed by atoms with Crippen LogP contribution >= 0.6 is 0 Å². The molecule has 1 saturated heterocycles. The van der Waals surface area contributed by atoms with Gasteiger partial charge in [0.2, 0.25) is 5.91 Å². The van der Waals surface area contributed by atoms with Crippen molar-refractivity contribution >= 4 is 28.5 Å². The van der Waals surface area contributed by atoms with Crippen molar-refractivity contribution in [2.75, 3.05) is 7.11 Å². The van der Waals surface area contributed by atoms with Crippen LogP contribution in [0.4, 0.5) is 0 Å². The number of aromatic nitrogens is 2. The number of carbonyl (C=O) groups is 3. The Morgan fingerprint density at radius 1 is 1.12 bits per heavy atom. The Labute approximate surface area is 197 Å². The molecule has 0 unspecified atom stereocenters. The number of nitrogens with one attached hydrogen (secondary N) is 1. The zero-order valence-electron chi connectivity index (χ0n) is 19.5. The summed E-state index contributed by atoms with van der Waals surface area (Å²) in [6.07, 6.45) is 1.54. The molecule has 8 nitrogen and oxygen atoms in total. The molecule has 0 spiro atoms. The molecule has 34 heavy (non-hydrogen) atoms. The molecular formula is C26H27N3O5. The molecule has 1 atom stereocenters. The summed E-state index contributed by atoms with van der Waals surface area (Å²) in [5.74, 6) is 0.402. The molecule has 1 N–H and O–H groups in total. The number of Topliss-reactive ketones (excluding diaryl/α,β-unsaturated/α-hetero) is 1. The number of nitrogens with zero attached hydrogens (tertiary/aromatic N) is 2. The van der Waals surface area contributed by atoms with E-state index in [0.29, 0.717) is 36.0 Å². The van der Waals surface area contributed by atoms with Gasteiger partial charge in [0.25, 0.3) is 11.5 Å². The fourth-order valence-electron chi connectivity index (χ4n) is 4.43. The van der Waals surface area contributed by atoms with Crippen LogP contribution in [0, 0.1) is 6.92 Å². The highest BCUT2D eigenvalue weighted by molar-refractivity contribution is 6.01. The molecule has 0 saturated carbocycles. The number of piperidine rings is 1. The van der Waals surface area contributed by atoms with Gasteiger partial charge in [0.15, 0.2) is 0 Å². The molecule has 3 aromatic rings. The Bertz CT molecular complexity index is 1340. The Hall–Kier alpha value is -3.81. The second-order valence-electron chi connectivity index (χ2n) is 8.87. The number of carbonyl (C=O) groups excluding carboxylic acids is 3. The van der Waals surface area contributed by atoms with Crippen molar-refractivity contribution in [3.63, 3.8) is 0 Å². The smallest absolute Gasteiger partial charge is 0.262 e. The minimum Gasteiger partial charge on any atom is -0.497 e. The largest absolute Gasteiger partial charge is 0.497 e. The molecule has 0 aliphatic carbocycles. The predicted molar refractivity (Wildman–Crippen MR) is 127 cm³/mol. The van der Waals surface area contributed by atoms with Crippen molar-refractivity contribution in [1.29, 1.82) is 0 Å². The maximum atomic E-state index is 13.4. The molecule has 1 aliphatic heterocycles. The number of hydrogen-bond acceptors (Lipinski definition) is 6. The number of hydrogen-bond donors (Lipinski definition) is 1. The number of methoxy groups -OCH3 is 1. The van der Waals surface area contributed by atoms with Crippen LogP contribution in [0.1, 0.15) is 43.1 Å². The fourth-order valence-corrected chi connectivity index (χ4v) is 4.43. The first-order valence-electron chi connectivity index (χ1n) is 11.2. The molecular weight excluding hydrogens is 434 g/mol. The first kappa shape index (κ1) is 23.4. The van der Waals surface area contributed by atoms with E-state index in [1.165, 1.54) is 4.57 Å². The highest BCUT2D eigenvalue weighted by Gasteiger charge is 2.42. The van der Waals surface area contributed by atoms with Crippen molar-refractivity contribution < 1.29 is 19.1 Å². The molecule has 4 rings (SSSR count). The third-order valence-electron chi connectivity index (χ3n) is 6.43. The minimum absolute atomic E-state index is 0.0979. The topological polar surface area (TPSA) is 107 Å². The second-order valence-corrected chi connectivity index (χ2v) is 8.87. The van der Waals surface area contributed by atoms with Crippen molar-refractivity contribution in [3.05, 3.63) is 69.8 Å². The number of fused-ring (bicyclic) bond motifs is 1.